The van der Waals surface area contributed by atoms with E-state index in [4.69, 9.17) is 9.47 Å². The molecule has 144 valence electrons. The topological polar surface area (TPSA) is 75.1 Å². The average Bonchev–Trinajstić information content (AvgIpc) is 3.10. The van der Waals surface area contributed by atoms with Gasteiger partial charge in [-0.05, 0) is 36.6 Å². The Hall–Kier alpha value is -2.89. The van der Waals surface area contributed by atoms with Crippen LogP contribution in [0.1, 0.15) is 18.1 Å². The number of ether oxygens (including phenoxy) is 2. The Morgan fingerprint density at radius 3 is 2.85 bits per heavy atom. The Morgan fingerprint density at radius 2 is 2.07 bits per heavy atom. The van der Waals surface area contributed by atoms with Crippen LogP contribution in [0.3, 0.4) is 0 Å². The van der Waals surface area contributed by atoms with Gasteiger partial charge in [0.15, 0.2) is 17.5 Å². The van der Waals surface area contributed by atoms with Gasteiger partial charge in [-0.25, -0.2) is 4.99 Å². The highest BCUT2D eigenvalue weighted by Gasteiger charge is 2.21. The summed E-state index contributed by atoms with van der Waals surface area (Å²) in [5.41, 5.74) is 2.08. The normalized spacial score (nSPS) is 15.8. The standard InChI is InChI=1S/C21H27N3O3/c1-3-22-21(23-12-11-15-8-6-10-19(26-2)20(15)25)24-14-17-13-16-7-4-5-9-18(16)27-17/h4-10,17,25H,3,11-14H2,1-2H3,(H2,22,23,24). The number of phenols is 1. The lowest BCUT2D eigenvalue weighted by Gasteiger charge is -2.14. The van der Waals surface area contributed by atoms with E-state index in [0.717, 1.165) is 30.2 Å². The lowest BCUT2D eigenvalue weighted by molar-refractivity contribution is 0.241. The first-order valence-corrected chi connectivity index (χ1v) is 9.32. The van der Waals surface area contributed by atoms with Crippen LogP contribution in [0.5, 0.6) is 17.2 Å². The molecule has 6 heteroatoms. The quantitative estimate of drug-likeness (QED) is 0.516. The van der Waals surface area contributed by atoms with Crippen LogP contribution in [0.15, 0.2) is 47.5 Å². The molecule has 0 saturated carbocycles. The predicted molar refractivity (Wildman–Crippen MR) is 107 cm³/mol. The second-order valence-electron chi connectivity index (χ2n) is 6.42. The molecule has 2 aromatic rings. The number of nitrogens with zero attached hydrogens (tertiary/aromatic N) is 1. The van der Waals surface area contributed by atoms with Gasteiger partial charge < -0.3 is 25.2 Å². The summed E-state index contributed by atoms with van der Waals surface area (Å²) < 4.78 is 11.1. The minimum Gasteiger partial charge on any atom is -0.504 e. The van der Waals surface area contributed by atoms with Crippen molar-refractivity contribution < 1.29 is 14.6 Å². The fraction of sp³-hybridized carbons (Fsp3) is 0.381. The molecule has 1 aliphatic rings. The Kier molecular flexibility index (Phi) is 6.41. The number of nitrogens with one attached hydrogen (secondary N) is 2. The lowest BCUT2D eigenvalue weighted by Crippen LogP contribution is -2.39. The smallest absolute Gasteiger partial charge is 0.191 e. The highest BCUT2D eigenvalue weighted by Crippen LogP contribution is 2.29. The minimum atomic E-state index is 0.0697. The number of hydrogen-bond acceptors (Lipinski definition) is 4. The van der Waals surface area contributed by atoms with Gasteiger partial charge >= 0.3 is 0 Å². The molecule has 0 spiro atoms. The predicted octanol–water partition coefficient (Wildman–Crippen LogP) is 2.50. The molecule has 0 aliphatic carbocycles. The zero-order valence-corrected chi connectivity index (χ0v) is 15.9. The molecule has 6 nitrogen and oxygen atoms in total. The molecule has 1 atom stereocenters. The number of rotatable bonds is 7. The van der Waals surface area contributed by atoms with Crippen LogP contribution in [-0.4, -0.2) is 43.9 Å². The summed E-state index contributed by atoms with van der Waals surface area (Å²) in [7, 11) is 1.55. The Balaban J connectivity index is 1.53. The van der Waals surface area contributed by atoms with Crippen LogP contribution in [0.25, 0.3) is 0 Å². The third kappa shape index (κ3) is 4.84. The number of methoxy groups -OCH3 is 1. The first-order valence-electron chi connectivity index (χ1n) is 9.32. The van der Waals surface area contributed by atoms with Gasteiger partial charge in [0.05, 0.1) is 13.7 Å². The fourth-order valence-corrected chi connectivity index (χ4v) is 3.14. The van der Waals surface area contributed by atoms with E-state index in [9.17, 15) is 5.11 Å². The lowest BCUT2D eigenvalue weighted by atomic mass is 10.1. The monoisotopic (exact) mass is 369 g/mol. The summed E-state index contributed by atoms with van der Waals surface area (Å²) in [6, 6.07) is 13.6. The van der Waals surface area contributed by atoms with Crippen LogP contribution in [0, 0.1) is 0 Å². The number of para-hydroxylation sites is 2. The maximum atomic E-state index is 10.2. The summed E-state index contributed by atoms with van der Waals surface area (Å²) in [6.07, 6.45) is 1.62. The molecule has 1 aliphatic heterocycles. The van der Waals surface area contributed by atoms with Gasteiger partial charge in [-0.2, -0.15) is 0 Å². The molecular formula is C21H27N3O3. The summed E-state index contributed by atoms with van der Waals surface area (Å²) in [5, 5.41) is 16.7. The maximum Gasteiger partial charge on any atom is 0.191 e. The number of guanidine groups is 1. The first kappa shape index (κ1) is 18.9. The van der Waals surface area contributed by atoms with Crippen LogP contribution in [0.4, 0.5) is 0 Å². The van der Waals surface area contributed by atoms with Crippen LogP contribution < -0.4 is 20.1 Å². The molecule has 0 saturated heterocycles. The van der Waals surface area contributed by atoms with E-state index in [1.54, 1.807) is 13.2 Å². The highest BCUT2D eigenvalue weighted by molar-refractivity contribution is 5.79. The molecule has 0 aromatic heterocycles. The molecular weight excluding hydrogens is 342 g/mol. The SMILES string of the molecule is CCNC(=NCC1Cc2ccccc2O1)NCCc1cccc(OC)c1O. The molecule has 1 heterocycles. The number of benzene rings is 2. The largest absolute Gasteiger partial charge is 0.504 e. The summed E-state index contributed by atoms with van der Waals surface area (Å²) in [4.78, 5) is 4.65. The van der Waals surface area contributed by atoms with Crippen molar-refractivity contribution in [3.05, 3.63) is 53.6 Å². The van der Waals surface area contributed by atoms with Crippen molar-refractivity contribution in [1.82, 2.24) is 10.6 Å². The third-order valence-electron chi connectivity index (χ3n) is 4.50. The molecule has 0 amide bonds. The van der Waals surface area contributed by atoms with Gasteiger partial charge in [0.1, 0.15) is 11.9 Å². The van der Waals surface area contributed by atoms with Gasteiger partial charge in [0.2, 0.25) is 0 Å². The van der Waals surface area contributed by atoms with Gasteiger partial charge in [-0.3, -0.25) is 0 Å². The van der Waals surface area contributed by atoms with Crippen molar-refractivity contribution in [3.63, 3.8) is 0 Å². The van der Waals surface area contributed by atoms with Gasteiger partial charge in [-0.15, -0.1) is 0 Å². The van der Waals surface area contributed by atoms with Gasteiger partial charge in [0.25, 0.3) is 0 Å². The molecule has 0 radical (unpaired) electrons. The van der Waals surface area contributed by atoms with E-state index in [0.29, 0.717) is 25.3 Å². The Morgan fingerprint density at radius 1 is 1.22 bits per heavy atom. The molecule has 3 rings (SSSR count). The van der Waals surface area contributed by atoms with Crippen molar-refractivity contribution in [3.8, 4) is 17.2 Å². The van der Waals surface area contributed by atoms with E-state index in [2.05, 4.69) is 21.7 Å². The Labute approximate surface area is 160 Å². The van der Waals surface area contributed by atoms with Crippen molar-refractivity contribution in [2.24, 2.45) is 4.99 Å². The molecule has 3 N–H and O–H groups in total. The first-order chi connectivity index (χ1) is 13.2. The van der Waals surface area contributed by atoms with E-state index < -0.39 is 0 Å². The minimum absolute atomic E-state index is 0.0697. The zero-order chi connectivity index (χ0) is 19.1. The van der Waals surface area contributed by atoms with Crippen molar-refractivity contribution in [1.29, 1.82) is 0 Å². The molecule has 27 heavy (non-hydrogen) atoms. The number of fused-ring (bicyclic) bond motifs is 1. The number of aromatic hydroxyl groups is 1. The van der Waals surface area contributed by atoms with Gasteiger partial charge in [-0.1, -0.05) is 30.3 Å². The molecule has 0 bridgehead atoms. The Bertz CT molecular complexity index is 767. The number of hydrogen-bond donors (Lipinski definition) is 3. The van der Waals surface area contributed by atoms with Crippen LogP contribution >= 0.6 is 0 Å². The second-order valence-corrected chi connectivity index (χ2v) is 6.42. The van der Waals surface area contributed by atoms with Crippen molar-refractivity contribution in [2.75, 3.05) is 26.7 Å². The number of aliphatic imine (C=N–C) groups is 1. The van der Waals surface area contributed by atoms with E-state index in [-0.39, 0.29) is 11.9 Å². The van der Waals surface area contributed by atoms with Crippen molar-refractivity contribution >= 4 is 5.96 Å². The summed E-state index contributed by atoms with van der Waals surface area (Å²) in [6.45, 7) is 4.06. The fourth-order valence-electron chi connectivity index (χ4n) is 3.14. The maximum absolute atomic E-state index is 10.2. The van der Waals surface area contributed by atoms with E-state index >= 15 is 0 Å². The molecule has 1 unspecified atom stereocenters. The summed E-state index contributed by atoms with van der Waals surface area (Å²) >= 11 is 0. The molecule has 2 aromatic carbocycles. The second kappa shape index (κ2) is 9.16. The highest BCUT2D eigenvalue weighted by atomic mass is 16.5. The van der Waals surface area contributed by atoms with E-state index in [1.165, 1.54) is 5.56 Å². The van der Waals surface area contributed by atoms with Gasteiger partial charge in [0, 0.05) is 19.5 Å². The average molecular weight is 369 g/mol. The zero-order valence-electron chi connectivity index (χ0n) is 15.9. The molecule has 0 fully saturated rings. The number of phenolic OH excluding ortho intramolecular Hbond substituents is 1. The van der Waals surface area contributed by atoms with Crippen LogP contribution in [-0.2, 0) is 12.8 Å². The van der Waals surface area contributed by atoms with E-state index in [1.807, 2.05) is 37.3 Å². The summed E-state index contributed by atoms with van der Waals surface area (Å²) in [5.74, 6) is 2.40. The van der Waals surface area contributed by atoms with Crippen molar-refractivity contribution in [2.45, 2.75) is 25.9 Å². The third-order valence-corrected chi connectivity index (χ3v) is 4.50. The van der Waals surface area contributed by atoms with Crippen LogP contribution in [0.2, 0.25) is 0 Å².